The van der Waals surface area contributed by atoms with Crippen molar-refractivity contribution >= 4 is 0 Å². The van der Waals surface area contributed by atoms with E-state index in [-0.39, 0.29) is 42.4 Å². The van der Waals surface area contributed by atoms with E-state index in [2.05, 4.69) is 11.8 Å². The maximum Gasteiger partial charge on any atom is 0.128 e. The smallest absolute Gasteiger partial charge is 0.128 e. The van der Waals surface area contributed by atoms with Crippen LogP contribution in [0.15, 0.2) is 0 Å². The van der Waals surface area contributed by atoms with E-state index in [0.717, 1.165) is 39.8 Å². The van der Waals surface area contributed by atoms with Crippen LogP contribution in [0.3, 0.4) is 0 Å². The second-order valence-corrected chi connectivity index (χ2v) is 6.84. The Morgan fingerprint density at radius 1 is 0.815 bits per heavy atom. The molecule has 160 valence electrons. The molecule has 5 unspecified atom stereocenters. The lowest BCUT2D eigenvalue weighted by molar-refractivity contribution is -0.240. The minimum Gasteiger partial charge on any atom is -0.762 e. The van der Waals surface area contributed by atoms with Gasteiger partial charge >= 0.3 is 0 Å². The molecule has 0 spiro atoms. The van der Waals surface area contributed by atoms with Crippen molar-refractivity contribution in [2.75, 3.05) is 33.9 Å². The number of hydrogen-bond donors (Lipinski definition) is 0. The Morgan fingerprint density at radius 3 is 1.93 bits per heavy atom. The van der Waals surface area contributed by atoms with Crippen LogP contribution in [0.25, 0.3) is 0 Å². The summed E-state index contributed by atoms with van der Waals surface area (Å²) in [5.74, 6) is 0. The van der Waals surface area contributed by atoms with Gasteiger partial charge in [0.1, 0.15) is 6.10 Å². The number of nitrogens with zero attached hydrogens (tertiary/aromatic N) is 3. The molecule has 0 aromatic heterocycles. The molecule has 0 N–H and O–H groups in total. The highest BCUT2D eigenvalue weighted by Crippen LogP contribution is 2.35. The van der Waals surface area contributed by atoms with E-state index in [1.165, 1.54) is 0 Å². The zero-order chi connectivity index (χ0) is 19.8. The average Bonchev–Trinajstić information content (AvgIpc) is 3.50. The molecule has 0 aromatic rings. The predicted molar refractivity (Wildman–Crippen MR) is 95.2 cm³/mol. The molecule has 2 aliphatic rings. The van der Waals surface area contributed by atoms with Crippen LogP contribution in [0, 0.1) is 15.6 Å². The zero-order valence-electron chi connectivity index (χ0n) is 16.2. The van der Waals surface area contributed by atoms with Gasteiger partial charge in [0.15, 0.2) is 0 Å². The largest absolute Gasteiger partial charge is 0.762 e. The SMILES string of the molecule is CCCC1OC1CCC1OC1CCN([O-])OCC(CON(C)[O-])ON(C)[O-]. The van der Waals surface area contributed by atoms with Gasteiger partial charge in [0.05, 0.1) is 37.6 Å². The van der Waals surface area contributed by atoms with Crippen LogP contribution >= 0.6 is 0 Å². The van der Waals surface area contributed by atoms with E-state index < -0.39 is 6.10 Å². The molecule has 0 amide bonds. The summed E-state index contributed by atoms with van der Waals surface area (Å²) in [4.78, 5) is 14.6. The van der Waals surface area contributed by atoms with Gasteiger partial charge in [-0.3, -0.25) is 15.7 Å². The minimum absolute atomic E-state index is 0.0747. The molecule has 2 fully saturated rings. The van der Waals surface area contributed by atoms with Gasteiger partial charge in [-0.25, -0.2) is 0 Å². The van der Waals surface area contributed by atoms with Gasteiger partial charge < -0.3 is 39.6 Å². The number of ether oxygens (including phenoxy) is 2. The van der Waals surface area contributed by atoms with Crippen LogP contribution in [0.1, 0.15) is 39.0 Å². The van der Waals surface area contributed by atoms with Gasteiger partial charge in [-0.05, 0) is 39.8 Å². The van der Waals surface area contributed by atoms with E-state index in [0.29, 0.717) is 23.9 Å². The Morgan fingerprint density at radius 2 is 1.37 bits per heavy atom. The Labute approximate surface area is 159 Å². The van der Waals surface area contributed by atoms with E-state index in [4.69, 9.17) is 19.1 Å². The number of epoxide rings is 2. The minimum atomic E-state index is -0.875. The summed E-state index contributed by atoms with van der Waals surface area (Å²) >= 11 is 0. The highest BCUT2D eigenvalue weighted by molar-refractivity contribution is 4.90. The van der Waals surface area contributed by atoms with Crippen molar-refractivity contribution < 1.29 is 24.0 Å². The second kappa shape index (κ2) is 11.5. The van der Waals surface area contributed by atoms with Crippen molar-refractivity contribution in [2.24, 2.45) is 0 Å². The molecular weight excluding hydrogens is 362 g/mol. The van der Waals surface area contributed by atoms with Gasteiger partial charge in [0.25, 0.3) is 0 Å². The van der Waals surface area contributed by atoms with Crippen LogP contribution in [0.4, 0.5) is 0 Å². The molecule has 0 saturated carbocycles. The highest BCUT2D eigenvalue weighted by atomic mass is 16.9. The summed E-state index contributed by atoms with van der Waals surface area (Å²) in [5.41, 5.74) is 0. The van der Waals surface area contributed by atoms with Crippen molar-refractivity contribution in [1.29, 1.82) is 0 Å². The van der Waals surface area contributed by atoms with Crippen molar-refractivity contribution in [3.05, 3.63) is 15.6 Å². The first kappa shape index (κ1) is 22.8. The van der Waals surface area contributed by atoms with Gasteiger partial charge in [-0.1, -0.05) is 13.3 Å². The highest BCUT2D eigenvalue weighted by Gasteiger charge is 2.42. The van der Waals surface area contributed by atoms with Gasteiger partial charge in [0, 0.05) is 6.54 Å². The maximum atomic E-state index is 11.8. The van der Waals surface area contributed by atoms with Gasteiger partial charge in [0.2, 0.25) is 0 Å². The third-order valence-corrected chi connectivity index (χ3v) is 4.42. The van der Waals surface area contributed by atoms with E-state index in [1.807, 2.05) is 0 Å². The summed E-state index contributed by atoms with van der Waals surface area (Å²) in [7, 11) is 2.30. The zero-order valence-corrected chi connectivity index (χ0v) is 16.2. The fraction of sp³-hybridized carbons (Fsp3) is 1.00. The molecule has 11 heteroatoms. The van der Waals surface area contributed by atoms with Crippen LogP contribution in [-0.2, 0) is 24.0 Å². The Bertz CT molecular complexity index is 417. The van der Waals surface area contributed by atoms with Crippen molar-refractivity contribution in [3.63, 3.8) is 0 Å². The topological polar surface area (TPSA) is 132 Å². The van der Waals surface area contributed by atoms with E-state index >= 15 is 0 Å². The molecule has 0 bridgehead atoms. The molecule has 2 aliphatic heterocycles. The number of hydroxylamine groups is 6. The van der Waals surface area contributed by atoms with Crippen molar-refractivity contribution in [2.45, 2.75) is 69.5 Å². The third kappa shape index (κ3) is 9.54. The Balaban J connectivity index is 1.52. The van der Waals surface area contributed by atoms with Crippen LogP contribution in [-0.4, -0.2) is 80.1 Å². The first-order valence-electron chi connectivity index (χ1n) is 9.39. The maximum absolute atomic E-state index is 11.8. The normalized spacial score (nSPS) is 28.3. The van der Waals surface area contributed by atoms with Gasteiger partial charge in [-0.2, -0.15) is 0 Å². The lowest BCUT2D eigenvalue weighted by Crippen LogP contribution is -2.35. The first-order chi connectivity index (χ1) is 12.9. The summed E-state index contributed by atoms with van der Waals surface area (Å²) in [6, 6.07) is 0. The lowest BCUT2D eigenvalue weighted by Gasteiger charge is -2.33. The summed E-state index contributed by atoms with van der Waals surface area (Å²) in [5, 5.41) is 34.3. The van der Waals surface area contributed by atoms with E-state index in [9.17, 15) is 15.6 Å². The van der Waals surface area contributed by atoms with Crippen molar-refractivity contribution in [3.8, 4) is 0 Å². The van der Waals surface area contributed by atoms with E-state index in [1.54, 1.807) is 0 Å². The fourth-order valence-electron chi connectivity index (χ4n) is 2.96. The number of rotatable bonds is 16. The molecule has 2 heterocycles. The van der Waals surface area contributed by atoms with Crippen LogP contribution in [0.5, 0.6) is 0 Å². The molecule has 11 nitrogen and oxygen atoms in total. The van der Waals surface area contributed by atoms with Crippen LogP contribution in [0.2, 0.25) is 0 Å². The Kier molecular flexibility index (Phi) is 9.76. The first-order valence-corrected chi connectivity index (χ1v) is 9.39. The third-order valence-electron chi connectivity index (χ3n) is 4.42. The van der Waals surface area contributed by atoms with Crippen molar-refractivity contribution in [1.82, 2.24) is 15.7 Å². The monoisotopic (exact) mass is 392 g/mol. The summed E-state index contributed by atoms with van der Waals surface area (Å²) in [6.07, 6.45) is 4.95. The molecule has 0 aromatic carbocycles. The molecule has 27 heavy (non-hydrogen) atoms. The quantitative estimate of drug-likeness (QED) is 0.278. The molecule has 0 aliphatic carbocycles. The molecule has 2 saturated heterocycles. The number of hydrogen-bond acceptors (Lipinski definition) is 11. The predicted octanol–water partition coefficient (Wildman–Crippen LogP) is 1.31. The van der Waals surface area contributed by atoms with Gasteiger partial charge in [-0.15, -0.1) is 0 Å². The molecule has 5 atom stereocenters. The summed E-state index contributed by atoms with van der Waals surface area (Å²) in [6.45, 7) is 1.87. The second-order valence-electron chi connectivity index (χ2n) is 6.84. The molecule has 2 rings (SSSR count). The standard InChI is InChI=1S/C16H30N3O8/c1-4-5-13-14(25-13)6-7-15-16(26-15)8-9-19(22)24-11-12(27-18(3)21)10-23-17(2)20/h12-16H,4-11H2,1-3H3/q-3. The summed E-state index contributed by atoms with van der Waals surface area (Å²) < 4.78 is 11.2. The lowest BCUT2D eigenvalue weighted by atomic mass is 10.1. The average molecular weight is 392 g/mol. The molecular formula is C16H30N3O8-3. The Hall–Kier alpha value is -0.440. The fourth-order valence-corrected chi connectivity index (χ4v) is 2.96. The molecule has 0 radical (unpaired) electrons. The van der Waals surface area contributed by atoms with Crippen LogP contribution < -0.4 is 0 Å².